The molecule has 0 aliphatic heterocycles. The van der Waals surface area contributed by atoms with Gasteiger partial charge in [0.05, 0.1) is 5.02 Å². The minimum atomic E-state index is -1.34. The fourth-order valence-corrected chi connectivity index (χ4v) is 1.86. The summed E-state index contributed by atoms with van der Waals surface area (Å²) in [5.41, 5.74) is -0.697. The molecule has 0 saturated carbocycles. The fraction of sp³-hybridized carbons (Fsp3) is 0. The van der Waals surface area contributed by atoms with Crippen molar-refractivity contribution >= 4 is 29.2 Å². The zero-order chi connectivity index (χ0) is 13.3. The Labute approximate surface area is 111 Å². The number of hydrogen-bond donors (Lipinski definition) is 2. The van der Waals surface area contributed by atoms with Crippen molar-refractivity contribution in [3.05, 3.63) is 50.4 Å². The van der Waals surface area contributed by atoms with E-state index < -0.39 is 17.1 Å². The van der Waals surface area contributed by atoms with Crippen LogP contribution in [0.5, 0.6) is 0 Å². The number of halogens is 2. The Morgan fingerprint density at radius 2 is 2.06 bits per heavy atom. The summed E-state index contributed by atoms with van der Waals surface area (Å²) in [7, 11) is 0. The molecule has 18 heavy (non-hydrogen) atoms. The number of H-pyrrole nitrogens is 1. The predicted octanol–water partition coefficient (Wildman–Crippen LogP) is 2.44. The summed E-state index contributed by atoms with van der Waals surface area (Å²) in [5, 5.41) is 9.48. The van der Waals surface area contributed by atoms with Crippen LogP contribution in [0.4, 0.5) is 0 Å². The topological polar surface area (TPSA) is 83.0 Å². The van der Waals surface area contributed by atoms with Gasteiger partial charge in [0.1, 0.15) is 11.4 Å². The summed E-state index contributed by atoms with van der Waals surface area (Å²) in [4.78, 5) is 28.4. The normalized spacial score (nSPS) is 10.3. The van der Waals surface area contributed by atoms with Gasteiger partial charge in [0.15, 0.2) is 0 Å². The van der Waals surface area contributed by atoms with E-state index in [1.807, 2.05) is 0 Å². The van der Waals surface area contributed by atoms with Gasteiger partial charge in [0.2, 0.25) is 0 Å². The van der Waals surface area contributed by atoms with Crippen molar-refractivity contribution in [2.45, 2.75) is 0 Å². The summed E-state index contributed by atoms with van der Waals surface area (Å²) >= 11 is 11.7. The zero-order valence-corrected chi connectivity index (χ0v) is 10.3. The van der Waals surface area contributed by atoms with Gasteiger partial charge in [0.25, 0.3) is 5.56 Å². The molecule has 0 bridgehead atoms. The smallest absolute Gasteiger partial charge is 0.342 e. The van der Waals surface area contributed by atoms with Gasteiger partial charge in [-0.25, -0.2) is 9.78 Å². The van der Waals surface area contributed by atoms with Crippen LogP contribution in [0.1, 0.15) is 10.4 Å². The number of aromatic nitrogens is 2. The van der Waals surface area contributed by atoms with Crippen LogP contribution >= 0.6 is 23.2 Å². The summed E-state index contributed by atoms with van der Waals surface area (Å²) in [6.45, 7) is 0. The van der Waals surface area contributed by atoms with Crippen LogP contribution in [-0.4, -0.2) is 21.0 Å². The Balaban J connectivity index is 2.56. The van der Waals surface area contributed by atoms with Gasteiger partial charge in [-0.05, 0) is 18.2 Å². The van der Waals surface area contributed by atoms with E-state index in [-0.39, 0.29) is 5.82 Å². The minimum absolute atomic E-state index is 0.187. The molecular formula is C11H6Cl2N2O3. The van der Waals surface area contributed by atoms with E-state index in [4.69, 9.17) is 28.3 Å². The number of rotatable bonds is 2. The van der Waals surface area contributed by atoms with Gasteiger partial charge in [-0.2, -0.15) is 0 Å². The van der Waals surface area contributed by atoms with Gasteiger partial charge in [-0.1, -0.05) is 23.2 Å². The summed E-state index contributed by atoms with van der Waals surface area (Å²) < 4.78 is 0. The highest BCUT2D eigenvalue weighted by molar-refractivity contribution is 6.36. The summed E-state index contributed by atoms with van der Waals surface area (Å²) in [5.74, 6) is -1.15. The lowest BCUT2D eigenvalue weighted by Crippen LogP contribution is -2.18. The third-order valence-corrected chi connectivity index (χ3v) is 2.76. The van der Waals surface area contributed by atoms with Gasteiger partial charge in [-0.3, -0.25) is 4.79 Å². The van der Waals surface area contributed by atoms with E-state index >= 15 is 0 Å². The third kappa shape index (κ3) is 2.37. The SMILES string of the molecule is O=C(O)c1cnc(-c2ccc(Cl)cc2Cl)[nH]c1=O. The average Bonchev–Trinajstić information content (AvgIpc) is 2.28. The number of aromatic carboxylic acids is 1. The van der Waals surface area contributed by atoms with Gasteiger partial charge >= 0.3 is 5.97 Å². The van der Waals surface area contributed by atoms with Crippen LogP contribution in [0.25, 0.3) is 11.4 Å². The highest BCUT2D eigenvalue weighted by atomic mass is 35.5. The molecule has 0 fully saturated rings. The Morgan fingerprint density at radius 1 is 1.33 bits per heavy atom. The average molecular weight is 285 g/mol. The standard InChI is InChI=1S/C11H6Cl2N2O3/c12-5-1-2-6(8(13)3-5)9-14-4-7(11(17)18)10(16)15-9/h1-4H,(H,17,18)(H,14,15,16). The second-order valence-corrected chi connectivity index (χ2v) is 4.25. The highest BCUT2D eigenvalue weighted by Crippen LogP contribution is 2.27. The number of aromatic amines is 1. The summed E-state index contributed by atoms with van der Waals surface area (Å²) in [6.07, 6.45) is 0.988. The van der Waals surface area contributed by atoms with Crippen LogP contribution in [0.15, 0.2) is 29.2 Å². The van der Waals surface area contributed by atoms with Crippen molar-refractivity contribution in [3.8, 4) is 11.4 Å². The van der Waals surface area contributed by atoms with Crippen molar-refractivity contribution in [2.75, 3.05) is 0 Å². The maximum Gasteiger partial charge on any atom is 0.342 e. The Morgan fingerprint density at radius 3 is 2.61 bits per heavy atom. The first-order chi connectivity index (χ1) is 8.49. The molecule has 0 spiro atoms. The van der Waals surface area contributed by atoms with E-state index in [1.54, 1.807) is 12.1 Å². The zero-order valence-electron chi connectivity index (χ0n) is 8.78. The molecule has 0 unspecified atom stereocenters. The molecule has 1 aromatic heterocycles. The van der Waals surface area contributed by atoms with Crippen LogP contribution in [0, 0.1) is 0 Å². The van der Waals surface area contributed by atoms with Crippen molar-refractivity contribution in [3.63, 3.8) is 0 Å². The molecule has 2 rings (SSSR count). The number of hydrogen-bond acceptors (Lipinski definition) is 3. The van der Waals surface area contributed by atoms with E-state index in [1.165, 1.54) is 6.07 Å². The first-order valence-corrected chi connectivity index (χ1v) is 5.52. The molecule has 7 heteroatoms. The second-order valence-electron chi connectivity index (χ2n) is 3.40. The van der Waals surface area contributed by atoms with E-state index in [0.29, 0.717) is 15.6 Å². The van der Waals surface area contributed by atoms with Gasteiger partial charge < -0.3 is 10.1 Å². The fourth-order valence-electron chi connectivity index (χ4n) is 1.37. The molecule has 1 heterocycles. The molecule has 0 aliphatic carbocycles. The molecule has 2 N–H and O–H groups in total. The second kappa shape index (κ2) is 4.80. The lowest BCUT2D eigenvalue weighted by Gasteiger charge is -2.04. The van der Waals surface area contributed by atoms with Crippen LogP contribution in [0.3, 0.4) is 0 Å². The van der Waals surface area contributed by atoms with Gasteiger partial charge in [-0.15, -0.1) is 0 Å². The minimum Gasteiger partial charge on any atom is -0.477 e. The number of carboxylic acids is 1. The molecule has 0 aliphatic rings. The molecule has 92 valence electrons. The molecule has 2 aromatic rings. The van der Waals surface area contributed by atoms with Crippen LogP contribution < -0.4 is 5.56 Å². The maximum absolute atomic E-state index is 11.5. The molecule has 0 atom stereocenters. The van der Waals surface area contributed by atoms with Crippen LogP contribution in [0.2, 0.25) is 10.0 Å². The third-order valence-electron chi connectivity index (χ3n) is 2.22. The van der Waals surface area contributed by atoms with Crippen molar-refractivity contribution < 1.29 is 9.90 Å². The van der Waals surface area contributed by atoms with Crippen molar-refractivity contribution in [1.82, 2.24) is 9.97 Å². The molecule has 0 radical (unpaired) electrons. The van der Waals surface area contributed by atoms with Crippen LogP contribution in [-0.2, 0) is 0 Å². The van der Waals surface area contributed by atoms with Crippen molar-refractivity contribution in [1.29, 1.82) is 0 Å². The van der Waals surface area contributed by atoms with Gasteiger partial charge in [0, 0.05) is 16.8 Å². The highest BCUT2D eigenvalue weighted by Gasteiger charge is 2.12. The lowest BCUT2D eigenvalue weighted by atomic mass is 10.2. The Hall–Kier alpha value is -1.85. The number of carboxylic acid groups (broad SMARTS) is 1. The Bertz CT molecular complexity index is 682. The monoisotopic (exact) mass is 284 g/mol. The first kappa shape index (κ1) is 12.6. The number of nitrogens with zero attached hydrogens (tertiary/aromatic N) is 1. The molecule has 1 aromatic carbocycles. The first-order valence-electron chi connectivity index (χ1n) is 4.77. The Kier molecular flexibility index (Phi) is 3.36. The van der Waals surface area contributed by atoms with E-state index in [9.17, 15) is 9.59 Å². The summed E-state index contributed by atoms with van der Waals surface area (Å²) in [6, 6.07) is 4.68. The molecule has 0 amide bonds. The molecular weight excluding hydrogens is 279 g/mol. The lowest BCUT2D eigenvalue weighted by molar-refractivity contribution is 0.0694. The maximum atomic E-state index is 11.5. The predicted molar refractivity (Wildman–Crippen MR) is 67.3 cm³/mol. The van der Waals surface area contributed by atoms with E-state index in [0.717, 1.165) is 6.20 Å². The van der Waals surface area contributed by atoms with Crippen molar-refractivity contribution in [2.24, 2.45) is 0 Å². The number of carbonyl (C=O) groups is 1. The quantitative estimate of drug-likeness (QED) is 0.887. The largest absolute Gasteiger partial charge is 0.477 e. The van der Waals surface area contributed by atoms with E-state index in [2.05, 4.69) is 9.97 Å². The molecule has 5 nitrogen and oxygen atoms in total. The number of nitrogens with one attached hydrogen (secondary N) is 1. The molecule has 0 saturated heterocycles. The number of benzene rings is 1.